The molecule has 0 saturated carbocycles. The van der Waals surface area contributed by atoms with Crippen molar-refractivity contribution >= 4 is 11.7 Å². The number of rotatable bonds is 2. The third-order valence-electron chi connectivity index (χ3n) is 1.83. The van der Waals surface area contributed by atoms with Gasteiger partial charge in [-0.15, -0.1) is 0 Å². The average Bonchev–Trinajstić information content (AvgIpc) is 2.01. The van der Waals surface area contributed by atoms with E-state index in [0.29, 0.717) is 6.42 Å². The number of nitrogens with one attached hydrogen (secondary N) is 1. The molecule has 3 heteroatoms. The summed E-state index contributed by atoms with van der Waals surface area (Å²) >= 11 is 0. The van der Waals surface area contributed by atoms with Gasteiger partial charge in [0.2, 0.25) is 5.91 Å². The first-order valence-electron chi connectivity index (χ1n) is 4.16. The molecule has 1 N–H and O–H groups in total. The minimum absolute atomic E-state index is 0.0230. The van der Waals surface area contributed by atoms with Crippen LogP contribution in [0.3, 0.4) is 0 Å². The van der Waals surface area contributed by atoms with Gasteiger partial charge in [-0.2, -0.15) is 0 Å². The molecule has 66 valence electrons. The standard InChI is InChI=1S/C9H13NO2/c1-7(11)5-6-8-3-2-4-9(12)10-8/h5-6,8H,2-4H2,1H3,(H,10,12)/b6-5+. The minimum Gasteiger partial charge on any atom is -0.350 e. The van der Waals surface area contributed by atoms with E-state index in [9.17, 15) is 9.59 Å². The van der Waals surface area contributed by atoms with Gasteiger partial charge in [-0.3, -0.25) is 9.59 Å². The molecular weight excluding hydrogens is 154 g/mol. The van der Waals surface area contributed by atoms with Gasteiger partial charge in [0.05, 0.1) is 0 Å². The zero-order valence-corrected chi connectivity index (χ0v) is 7.17. The van der Waals surface area contributed by atoms with E-state index < -0.39 is 0 Å². The van der Waals surface area contributed by atoms with Crippen molar-refractivity contribution in [2.24, 2.45) is 0 Å². The molecule has 1 fully saturated rings. The largest absolute Gasteiger partial charge is 0.350 e. The van der Waals surface area contributed by atoms with E-state index in [2.05, 4.69) is 5.32 Å². The highest BCUT2D eigenvalue weighted by atomic mass is 16.1. The summed E-state index contributed by atoms with van der Waals surface area (Å²) in [5.74, 6) is 0.106. The Bertz CT molecular complexity index is 221. The average molecular weight is 167 g/mol. The fourth-order valence-corrected chi connectivity index (χ4v) is 1.23. The second kappa shape index (κ2) is 4.04. The molecule has 0 aliphatic carbocycles. The Hall–Kier alpha value is -1.12. The van der Waals surface area contributed by atoms with Crippen LogP contribution in [0.2, 0.25) is 0 Å². The number of carbonyl (C=O) groups excluding carboxylic acids is 2. The van der Waals surface area contributed by atoms with Gasteiger partial charge in [0.1, 0.15) is 0 Å². The summed E-state index contributed by atoms with van der Waals surface area (Å²) in [6.07, 6.45) is 5.74. The quantitative estimate of drug-likeness (QED) is 0.618. The molecule has 12 heavy (non-hydrogen) atoms. The molecular formula is C9H13NO2. The van der Waals surface area contributed by atoms with Gasteiger partial charge in [-0.05, 0) is 25.8 Å². The molecule has 0 aromatic carbocycles. The first-order chi connectivity index (χ1) is 5.68. The lowest BCUT2D eigenvalue weighted by atomic mass is 10.0. The molecule has 0 spiro atoms. The van der Waals surface area contributed by atoms with Gasteiger partial charge in [0, 0.05) is 12.5 Å². The summed E-state index contributed by atoms with van der Waals surface area (Å²) in [6, 6.07) is 0.0650. The number of hydrogen-bond donors (Lipinski definition) is 1. The van der Waals surface area contributed by atoms with Crippen molar-refractivity contribution in [3.63, 3.8) is 0 Å². The summed E-state index contributed by atoms with van der Waals surface area (Å²) in [5, 5.41) is 2.79. The maximum Gasteiger partial charge on any atom is 0.220 e. The Morgan fingerprint density at radius 3 is 3.00 bits per heavy atom. The smallest absolute Gasteiger partial charge is 0.220 e. The van der Waals surface area contributed by atoms with Crippen molar-refractivity contribution in [3.8, 4) is 0 Å². The van der Waals surface area contributed by atoms with Gasteiger partial charge in [0.25, 0.3) is 0 Å². The lowest BCUT2D eigenvalue weighted by Crippen LogP contribution is -2.37. The van der Waals surface area contributed by atoms with Gasteiger partial charge in [-0.25, -0.2) is 0 Å². The van der Waals surface area contributed by atoms with Crippen LogP contribution in [-0.2, 0) is 9.59 Å². The molecule has 1 aliphatic heterocycles. The Morgan fingerprint density at radius 2 is 2.42 bits per heavy atom. The number of amides is 1. The van der Waals surface area contributed by atoms with E-state index in [1.54, 1.807) is 6.08 Å². The lowest BCUT2D eigenvalue weighted by molar-refractivity contribution is -0.122. The van der Waals surface area contributed by atoms with Gasteiger partial charge >= 0.3 is 0 Å². The highest BCUT2D eigenvalue weighted by molar-refractivity contribution is 5.87. The maximum absolute atomic E-state index is 10.9. The van der Waals surface area contributed by atoms with Crippen LogP contribution in [0.25, 0.3) is 0 Å². The molecule has 0 aromatic heterocycles. The predicted octanol–water partition coefficient (Wildman–Crippen LogP) is 0.800. The molecule has 1 atom stereocenters. The zero-order chi connectivity index (χ0) is 8.97. The number of hydrogen-bond acceptors (Lipinski definition) is 2. The molecule has 1 heterocycles. The minimum atomic E-state index is 0.0230. The van der Waals surface area contributed by atoms with Crippen molar-refractivity contribution < 1.29 is 9.59 Å². The Labute approximate surface area is 71.8 Å². The number of allylic oxidation sites excluding steroid dienone is 1. The Kier molecular flexibility index (Phi) is 3.02. The molecule has 0 bridgehead atoms. The second-order valence-electron chi connectivity index (χ2n) is 3.04. The molecule has 3 nitrogen and oxygen atoms in total. The third kappa shape index (κ3) is 2.86. The molecule has 1 amide bonds. The normalized spacial score (nSPS) is 24.1. The fourth-order valence-electron chi connectivity index (χ4n) is 1.23. The van der Waals surface area contributed by atoms with Crippen molar-refractivity contribution in [1.29, 1.82) is 0 Å². The molecule has 1 saturated heterocycles. The lowest BCUT2D eigenvalue weighted by Gasteiger charge is -2.19. The molecule has 1 unspecified atom stereocenters. The van der Waals surface area contributed by atoms with Gasteiger partial charge in [-0.1, -0.05) is 6.08 Å². The monoisotopic (exact) mass is 167 g/mol. The highest BCUT2D eigenvalue weighted by Crippen LogP contribution is 2.08. The zero-order valence-electron chi connectivity index (χ0n) is 7.17. The van der Waals surface area contributed by atoms with E-state index >= 15 is 0 Å². The van der Waals surface area contributed by atoms with Crippen molar-refractivity contribution in [2.75, 3.05) is 0 Å². The number of piperidine rings is 1. The Morgan fingerprint density at radius 1 is 1.67 bits per heavy atom. The number of carbonyl (C=O) groups is 2. The maximum atomic E-state index is 10.9. The summed E-state index contributed by atoms with van der Waals surface area (Å²) in [4.78, 5) is 21.5. The highest BCUT2D eigenvalue weighted by Gasteiger charge is 2.14. The van der Waals surface area contributed by atoms with Crippen LogP contribution < -0.4 is 5.32 Å². The van der Waals surface area contributed by atoms with Crippen LogP contribution in [-0.4, -0.2) is 17.7 Å². The van der Waals surface area contributed by atoms with Crippen molar-refractivity contribution in [2.45, 2.75) is 32.2 Å². The molecule has 1 aliphatic rings. The van der Waals surface area contributed by atoms with E-state index in [1.165, 1.54) is 13.0 Å². The first kappa shape index (κ1) is 8.97. The van der Waals surface area contributed by atoms with Crippen LogP contribution >= 0.6 is 0 Å². The van der Waals surface area contributed by atoms with Gasteiger partial charge in [0.15, 0.2) is 5.78 Å². The van der Waals surface area contributed by atoms with E-state index in [1.807, 2.05) is 0 Å². The SMILES string of the molecule is CC(=O)/C=C/C1CCCC(=O)N1. The van der Waals surface area contributed by atoms with Crippen molar-refractivity contribution in [1.82, 2.24) is 5.32 Å². The Balaban J connectivity index is 2.41. The summed E-state index contributed by atoms with van der Waals surface area (Å²) in [7, 11) is 0. The topological polar surface area (TPSA) is 46.2 Å². The molecule has 1 rings (SSSR count). The van der Waals surface area contributed by atoms with Crippen LogP contribution in [0.4, 0.5) is 0 Å². The van der Waals surface area contributed by atoms with Crippen LogP contribution in [0.1, 0.15) is 26.2 Å². The van der Waals surface area contributed by atoms with Crippen LogP contribution in [0.15, 0.2) is 12.2 Å². The summed E-state index contributed by atoms with van der Waals surface area (Å²) < 4.78 is 0. The van der Waals surface area contributed by atoms with Gasteiger partial charge < -0.3 is 5.32 Å². The molecule has 0 aromatic rings. The predicted molar refractivity (Wildman–Crippen MR) is 45.6 cm³/mol. The van der Waals surface area contributed by atoms with E-state index in [0.717, 1.165) is 12.8 Å². The third-order valence-corrected chi connectivity index (χ3v) is 1.83. The molecule has 0 radical (unpaired) electrons. The summed E-state index contributed by atoms with van der Waals surface area (Å²) in [6.45, 7) is 1.50. The van der Waals surface area contributed by atoms with E-state index in [-0.39, 0.29) is 17.7 Å². The second-order valence-corrected chi connectivity index (χ2v) is 3.04. The first-order valence-corrected chi connectivity index (χ1v) is 4.16. The van der Waals surface area contributed by atoms with E-state index in [4.69, 9.17) is 0 Å². The van der Waals surface area contributed by atoms with Crippen LogP contribution in [0.5, 0.6) is 0 Å². The summed E-state index contributed by atoms with van der Waals surface area (Å²) in [5.41, 5.74) is 0. The fraction of sp³-hybridized carbons (Fsp3) is 0.556. The van der Waals surface area contributed by atoms with Crippen molar-refractivity contribution in [3.05, 3.63) is 12.2 Å². The van der Waals surface area contributed by atoms with Crippen LogP contribution in [0, 0.1) is 0 Å². The number of ketones is 1.